The lowest BCUT2D eigenvalue weighted by atomic mass is 9.86. The molecule has 0 saturated carbocycles. The van der Waals surface area contributed by atoms with Crippen LogP contribution in [0.25, 0.3) is 0 Å². The molecule has 0 aliphatic rings. The Kier molecular flexibility index (Phi) is 7.57. The van der Waals surface area contributed by atoms with Crippen molar-refractivity contribution in [3.05, 3.63) is 108 Å². The topological polar surface area (TPSA) is 75.6 Å². The smallest absolute Gasteiger partial charge is 0.348 e. The van der Waals surface area contributed by atoms with Gasteiger partial charge in [0.15, 0.2) is 6.61 Å². The van der Waals surface area contributed by atoms with E-state index in [0.29, 0.717) is 11.1 Å². The van der Waals surface area contributed by atoms with E-state index in [0.717, 1.165) is 12.8 Å². The van der Waals surface area contributed by atoms with Gasteiger partial charge in [-0.2, -0.15) is 0 Å². The van der Waals surface area contributed by atoms with Gasteiger partial charge in [-0.05, 0) is 36.5 Å². The summed E-state index contributed by atoms with van der Waals surface area (Å²) in [6.07, 6.45) is 1.60. The highest BCUT2D eigenvalue weighted by Gasteiger charge is 2.41. The number of aryl methyl sites for hydroxylation is 1. The molecule has 5 nitrogen and oxygen atoms in total. The van der Waals surface area contributed by atoms with E-state index < -0.39 is 24.1 Å². The van der Waals surface area contributed by atoms with E-state index in [1.54, 1.807) is 60.7 Å². The van der Waals surface area contributed by atoms with Crippen LogP contribution < -0.4 is 5.32 Å². The zero-order valence-corrected chi connectivity index (χ0v) is 17.5. The van der Waals surface area contributed by atoms with Crippen molar-refractivity contribution in [2.24, 2.45) is 0 Å². The van der Waals surface area contributed by atoms with Gasteiger partial charge in [0.25, 0.3) is 5.91 Å². The minimum absolute atomic E-state index is 0.0754. The number of nitrogens with one attached hydrogen (secondary N) is 1. The standard InChI is InChI=1S/C26H27NO4/c1-20(17-18-21-11-5-2-6-12-21)27-24(28)19-31-25(29)26(30,22-13-7-3-8-14-22)23-15-9-4-10-16-23/h2-16,20,30H,17-19H2,1H3,(H,27,28)/t20-/m0/s1. The molecule has 0 spiro atoms. The van der Waals surface area contributed by atoms with Gasteiger partial charge >= 0.3 is 5.97 Å². The quantitative estimate of drug-likeness (QED) is 0.522. The first kappa shape index (κ1) is 22.2. The average molecular weight is 418 g/mol. The van der Waals surface area contributed by atoms with Crippen LogP contribution in [0.3, 0.4) is 0 Å². The maximum Gasteiger partial charge on any atom is 0.348 e. The van der Waals surface area contributed by atoms with Crippen LogP contribution in [0, 0.1) is 0 Å². The molecule has 0 aliphatic heterocycles. The van der Waals surface area contributed by atoms with E-state index in [-0.39, 0.29) is 6.04 Å². The lowest BCUT2D eigenvalue weighted by Gasteiger charge is -2.27. The van der Waals surface area contributed by atoms with Gasteiger partial charge in [-0.25, -0.2) is 4.79 Å². The van der Waals surface area contributed by atoms with E-state index in [4.69, 9.17) is 4.74 Å². The highest BCUT2D eigenvalue weighted by atomic mass is 16.6. The van der Waals surface area contributed by atoms with Crippen molar-refractivity contribution in [3.63, 3.8) is 0 Å². The SMILES string of the molecule is C[C@@H](CCc1ccccc1)NC(=O)COC(=O)C(O)(c1ccccc1)c1ccccc1. The number of ether oxygens (including phenoxy) is 1. The molecule has 0 aliphatic carbocycles. The molecule has 0 unspecified atom stereocenters. The number of carbonyl (C=O) groups excluding carboxylic acids is 2. The van der Waals surface area contributed by atoms with Crippen molar-refractivity contribution < 1.29 is 19.4 Å². The number of aliphatic hydroxyl groups is 1. The third kappa shape index (κ3) is 5.80. The number of hydrogen-bond donors (Lipinski definition) is 2. The van der Waals surface area contributed by atoms with Gasteiger partial charge in [-0.15, -0.1) is 0 Å². The number of benzene rings is 3. The van der Waals surface area contributed by atoms with Gasteiger partial charge in [-0.3, -0.25) is 4.79 Å². The highest BCUT2D eigenvalue weighted by Crippen LogP contribution is 2.30. The molecular formula is C26H27NO4. The molecule has 160 valence electrons. The number of esters is 1. The van der Waals surface area contributed by atoms with Gasteiger partial charge in [0.1, 0.15) is 0 Å². The second kappa shape index (κ2) is 10.5. The van der Waals surface area contributed by atoms with Crippen LogP contribution in [0.1, 0.15) is 30.0 Å². The van der Waals surface area contributed by atoms with Crippen molar-refractivity contribution in [1.82, 2.24) is 5.32 Å². The zero-order chi connectivity index (χ0) is 22.1. The third-order valence-corrected chi connectivity index (χ3v) is 5.13. The minimum atomic E-state index is -2.00. The fourth-order valence-corrected chi connectivity index (χ4v) is 3.41. The Bertz CT molecular complexity index is 935. The molecule has 3 rings (SSSR count). The Morgan fingerprint density at radius 2 is 1.35 bits per heavy atom. The van der Waals surface area contributed by atoms with Gasteiger partial charge in [-0.1, -0.05) is 91.0 Å². The Morgan fingerprint density at radius 1 is 0.871 bits per heavy atom. The molecule has 1 atom stereocenters. The summed E-state index contributed by atoms with van der Waals surface area (Å²) in [7, 11) is 0. The van der Waals surface area contributed by atoms with E-state index >= 15 is 0 Å². The van der Waals surface area contributed by atoms with Crippen LogP contribution >= 0.6 is 0 Å². The first-order valence-electron chi connectivity index (χ1n) is 10.3. The van der Waals surface area contributed by atoms with E-state index in [1.165, 1.54) is 5.56 Å². The Hall–Kier alpha value is -3.44. The van der Waals surface area contributed by atoms with Crippen molar-refractivity contribution in [2.75, 3.05) is 6.61 Å². The van der Waals surface area contributed by atoms with Crippen molar-refractivity contribution in [1.29, 1.82) is 0 Å². The number of carbonyl (C=O) groups is 2. The Balaban J connectivity index is 1.60. The van der Waals surface area contributed by atoms with E-state index in [1.807, 2.05) is 37.3 Å². The molecule has 31 heavy (non-hydrogen) atoms. The first-order valence-corrected chi connectivity index (χ1v) is 10.3. The largest absolute Gasteiger partial charge is 0.453 e. The summed E-state index contributed by atoms with van der Waals surface area (Å²) in [4.78, 5) is 25.2. The highest BCUT2D eigenvalue weighted by molar-refractivity contribution is 5.88. The van der Waals surface area contributed by atoms with Gasteiger partial charge in [0.05, 0.1) is 0 Å². The molecule has 0 aromatic heterocycles. The molecule has 0 fully saturated rings. The molecule has 5 heteroatoms. The molecule has 0 saturated heterocycles. The fourth-order valence-electron chi connectivity index (χ4n) is 3.41. The van der Waals surface area contributed by atoms with E-state index in [9.17, 15) is 14.7 Å². The Morgan fingerprint density at radius 3 is 1.87 bits per heavy atom. The number of rotatable bonds is 9. The summed E-state index contributed by atoms with van der Waals surface area (Å²) in [5.41, 5.74) is -0.0432. The van der Waals surface area contributed by atoms with Gasteiger partial charge in [0, 0.05) is 6.04 Å². The molecular weight excluding hydrogens is 390 g/mol. The van der Waals surface area contributed by atoms with Crippen LogP contribution in [0.15, 0.2) is 91.0 Å². The monoisotopic (exact) mass is 417 g/mol. The second-order valence-electron chi connectivity index (χ2n) is 7.51. The normalized spacial score (nSPS) is 12.1. The van der Waals surface area contributed by atoms with Crippen LogP contribution in [0.5, 0.6) is 0 Å². The molecule has 2 N–H and O–H groups in total. The maximum absolute atomic E-state index is 12.9. The summed E-state index contributed by atoms with van der Waals surface area (Å²) in [5.74, 6) is -1.30. The lowest BCUT2D eigenvalue weighted by Crippen LogP contribution is -2.42. The average Bonchev–Trinajstić information content (AvgIpc) is 2.82. The lowest BCUT2D eigenvalue weighted by molar-refractivity contribution is -0.164. The van der Waals surface area contributed by atoms with Crippen LogP contribution in [0.4, 0.5) is 0 Å². The molecule has 0 bridgehead atoms. The summed E-state index contributed by atoms with van der Waals surface area (Å²) < 4.78 is 5.24. The number of hydrogen-bond acceptors (Lipinski definition) is 4. The molecule has 0 radical (unpaired) electrons. The maximum atomic E-state index is 12.9. The molecule has 3 aromatic carbocycles. The van der Waals surface area contributed by atoms with Crippen LogP contribution in [-0.4, -0.2) is 29.6 Å². The van der Waals surface area contributed by atoms with Crippen molar-refractivity contribution >= 4 is 11.9 Å². The minimum Gasteiger partial charge on any atom is -0.453 e. The summed E-state index contributed by atoms with van der Waals surface area (Å²) >= 11 is 0. The second-order valence-corrected chi connectivity index (χ2v) is 7.51. The number of amides is 1. The predicted octanol–water partition coefficient (Wildman–Crippen LogP) is 3.60. The van der Waals surface area contributed by atoms with Crippen molar-refractivity contribution in [3.8, 4) is 0 Å². The zero-order valence-electron chi connectivity index (χ0n) is 17.5. The third-order valence-electron chi connectivity index (χ3n) is 5.13. The van der Waals surface area contributed by atoms with Gasteiger partial charge in [0.2, 0.25) is 5.60 Å². The van der Waals surface area contributed by atoms with Crippen LogP contribution in [0.2, 0.25) is 0 Å². The summed E-state index contributed by atoms with van der Waals surface area (Å²) in [6.45, 7) is 1.45. The van der Waals surface area contributed by atoms with E-state index in [2.05, 4.69) is 5.32 Å². The molecule has 0 heterocycles. The Labute approximate surface area is 182 Å². The first-order chi connectivity index (χ1) is 15.0. The molecule has 3 aromatic rings. The summed E-state index contributed by atoms with van der Waals surface area (Å²) in [6, 6.07) is 27.1. The fraction of sp³-hybridized carbons (Fsp3) is 0.231. The van der Waals surface area contributed by atoms with Gasteiger partial charge < -0.3 is 15.2 Å². The van der Waals surface area contributed by atoms with Crippen molar-refractivity contribution in [2.45, 2.75) is 31.4 Å². The molecule has 1 amide bonds. The predicted molar refractivity (Wildman–Crippen MR) is 119 cm³/mol. The van der Waals surface area contributed by atoms with Crippen LogP contribution in [-0.2, 0) is 26.3 Å². The summed E-state index contributed by atoms with van der Waals surface area (Å²) in [5, 5.41) is 14.2.